The molecule has 0 atom stereocenters. The van der Waals surface area contributed by atoms with E-state index in [0.29, 0.717) is 19.5 Å². The average molecular weight is 236 g/mol. The summed E-state index contributed by atoms with van der Waals surface area (Å²) in [6.45, 7) is 3.42. The van der Waals surface area contributed by atoms with Gasteiger partial charge in [0.1, 0.15) is 5.75 Å². The summed E-state index contributed by atoms with van der Waals surface area (Å²) in [5.74, 6) is 0.928. The summed E-state index contributed by atoms with van der Waals surface area (Å²) < 4.78 is 5.28. The lowest BCUT2D eigenvalue weighted by atomic mass is 10.1. The number of aryl methyl sites for hydroxylation is 1. The molecule has 2 N–H and O–H groups in total. The molecule has 0 aliphatic carbocycles. The van der Waals surface area contributed by atoms with Crippen molar-refractivity contribution < 1.29 is 9.53 Å². The Morgan fingerprint density at radius 3 is 2.82 bits per heavy atom. The lowest BCUT2D eigenvalue weighted by molar-refractivity contribution is -0.120. The first-order valence-corrected chi connectivity index (χ1v) is 5.72. The van der Waals surface area contributed by atoms with E-state index in [1.54, 1.807) is 14.2 Å². The number of rotatable bonds is 6. The van der Waals surface area contributed by atoms with Gasteiger partial charge in [-0.1, -0.05) is 17.7 Å². The molecule has 0 fully saturated rings. The summed E-state index contributed by atoms with van der Waals surface area (Å²) in [6, 6.07) is 6.07. The Balaban J connectivity index is 2.45. The monoisotopic (exact) mass is 236 g/mol. The molecule has 1 rings (SSSR count). The van der Waals surface area contributed by atoms with E-state index >= 15 is 0 Å². The van der Waals surface area contributed by atoms with Gasteiger partial charge in [0.2, 0.25) is 5.91 Å². The van der Waals surface area contributed by atoms with Gasteiger partial charge in [-0.05, 0) is 13.0 Å². The van der Waals surface area contributed by atoms with E-state index < -0.39 is 0 Å². The van der Waals surface area contributed by atoms with Crippen molar-refractivity contribution >= 4 is 5.91 Å². The summed E-state index contributed by atoms with van der Waals surface area (Å²) in [5, 5.41) is 5.82. The molecule has 1 aromatic carbocycles. The van der Waals surface area contributed by atoms with Crippen LogP contribution in [0, 0.1) is 6.92 Å². The van der Waals surface area contributed by atoms with Gasteiger partial charge in [-0.25, -0.2) is 0 Å². The molecule has 4 nitrogen and oxygen atoms in total. The van der Waals surface area contributed by atoms with Gasteiger partial charge in [0.15, 0.2) is 0 Å². The predicted molar refractivity (Wildman–Crippen MR) is 68.1 cm³/mol. The molecule has 0 aliphatic heterocycles. The molecule has 94 valence electrons. The maximum Gasteiger partial charge on any atom is 0.221 e. The molecule has 4 heteroatoms. The predicted octanol–water partition coefficient (Wildman–Crippen LogP) is 1.23. The first-order valence-electron chi connectivity index (χ1n) is 5.72. The summed E-state index contributed by atoms with van der Waals surface area (Å²) in [4.78, 5) is 11.0. The van der Waals surface area contributed by atoms with Crippen molar-refractivity contribution in [2.45, 2.75) is 19.9 Å². The van der Waals surface area contributed by atoms with Crippen molar-refractivity contribution in [3.63, 3.8) is 0 Å². The number of carbonyl (C=O) groups excluding carboxylic acids is 1. The van der Waals surface area contributed by atoms with Crippen LogP contribution in [0.1, 0.15) is 17.5 Å². The van der Waals surface area contributed by atoms with Crippen LogP contribution in [0.2, 0.25) is 0 Å². The highest BCUT2D eigenvalue weighted by Crippen LogP contribution is 2.19. The molecule has 0 saturated heterocycles. The smallest absolute Gasteiger partial charge is 0.221 e. The fraction of sp³-hybridized carbons (Fsp3) is 0.462. The maximum absolute atomic E-state index is 11.0. The van der Waals surface area contributed by atoms with Gasteiger partial charge in [0, 0.05) is 32.1 Å². The Hall–Kier alpha value is -1.55. The number of carbonyl (C=O) groups is 1. The van der Waals surface area contributed by atoms with Gasteiger partial charge >= 0.3 is 0 Å². The minimum Gasteiger partial charge on any atom is -0.496 e. The minimum atomic E-state index is 0.0497. The lowest BCUT2D eigenvalue weighted by Gasteiger charge is -2.10. The number of amides is 1. The summed E-state index contributed by atoms with van der Waals surface area (Å²) in [6.07, 6.45) is 0.491. The van der Waals surface area contributed by atoms with Crippen molar-refractivity contribution in [1.82, 2.24) is 10.6 Å². The number of hydrogen-bond donors (Lipinski definition) is 2. The van der Waals surface area contributed by atoms with Gasteiger partial charge in [-0.2, -0.15) is 0 Å². The van der Waals surface area contributed by atoms with Crippen molar-refractivity contribution in [1.29, 1.82) is 0 Å². The Morgan fingerprint density at radius 1 is 1.41 bits per heavy atom. The van der Waals surface area contributed by atoms with Crippen molar-refractivity contribution in [3.8, 4) is 5.75 Å². The van der Waals surface area contributed by atoms with E-state index in [1.165, 1.54) is 5.56 Å². The fourth-order valence-electron chi connectivity index (χ4n) is 1.60. The topological polar surface area (TPSA) is 50.4 Å². The summed E-state index contributed by atoms with van der Waals surface area (Å²) in [5.41, 5.74) is 2.32. The third-order valence-electron chi connectivity index (χ3n) is 2.56. The normalized spacial score (nSPS) is 10.1. The van der Waals surface area contributed by atoms with Gasteiger partial charge < -0.3 is 15.4 Å². The number of ether oxygens (including phenoxy) is 1. The number of nitrogens with one attached hydrogen (secondary N) is 2. The summed E-state index contributed by atoms with van der Waals surface area (Å²) >= 11 is 0. The van der Waals surface area contributed by atoms with Gasteiger partial charge in [-0.15, -0.1) is 0 Å². The third-order valence-corrected chi connectivity index (χ3v) is 2.56. The van der Waals surface area contributed by atoms with E-state index in [1.807, 2.05) is 19.1 Å². The molecular weight excluding hydrogens is 216 g/mol. The van der Waals surface area contributed by atoms with Crippen LogP contribution >= 0.6 is 0 Å². The molecule has 0 aliphatic rings. The van der Waals surface area contributed by atoms with Gasteiger partial charge in [0.25, 0.3) is 0 Å². The SMILES string of the molecule is CNC(=O)CCNCc1cc(C)ccc1OC. The number of methoxy groups -OCH3 is 1. The molecule has 0 radical (unpaired) electrons. The van der Waals surface area contributed by atoms with Crippen LogP contribution in [0.5, 0.6) is 5.75 Å². The van der Waals surface area contributed by atoms with Crippen LogP contribution in [-0.2, 0) is 11.3 Å². The van der Waals surface area contributed by atoms with Gasteiger partial charge in [-0.3, -0.25) is 4.79 Å². The molecule has 0 heterocycles. The van der Waals surface area contributed by atoms with Crippen LogP contribution < -0.4 is 15.4 Å². The number of benzene rings is 1. The highest BCUT2D eigenvalue weighted by Gasteiger charge is 2.03. The second-order valence-electron chi connectivity index (χ2n) is 3.92. The van der Waals surface area contributed by atoms with Crippen molar-refractivity contribution in [2.24, 2.45) is 0 Å². The molecule has 0 aromatic heterocycles. The molecule has 0 unspecified atom stereocenters. The first-order chi connectivity index (χ1) is 8.17. The Labute approximate surface area is 102 Å². The van der Waals surface area contributed by atoms with E-state index in [9.17, 15) is 4.79 Å². The Bertz CT molecular complexity index is 378. The van der Waals surface area contributed by atoms with Crippen LogP contribution in [0.25, 0.3) is 0 Å². The highest BCUT2D eigenvalue weighted by atomic mass is 16.5. The van der Waals surface area contributed by atoms with Crippen molar-refractivity contribution in [2.75, 3.05) is 20.7 Å². The second-order valence-corrected chi connectivity index (χ2v) is 3.92. The van der Waals surface area contributed by atoms with Crippen LogP contribution in [-0.4, -0.2) is 26.6 Å². The zero-order valence-corrected chi connectivity index (χ0v) is 10.7. The highest BCUT2D eigenvalue weighted by molar-refractivity contribution is 5.75. The van der Waals surface area contributed by atoms with Crippen LogP contribution in [0.15, 0.2) is 18.2 Å². The molecule has 0 saturated carbocycles. The van der Waals surface area contributed by atoms with Crippen LogP contribution in [0.3, 0.4) is 0 Å². The zero-order valence-electron chi connectivity index (χ0n) is 10.7. The maximum atomic E-state index is 11.0. The van der Waals surface area contributed by atoms with E-state index in [4.69, 9.17) is 4.74 Å². The van der Waals surface area contributed by atoms with Gasteiger partial charge in [0.05, 0.1) is 7.11 Å². The Morgan fingerprint density at radius 2 is 2.18 bits per heavy atom. The minimum absolute atomic E-state index is 0.0497. The third kappa shape index (κ3) is 4.44. The quantitative estimate of drug-likeness (QED) is 0.730. The molecule has 1 aromatic rings. The number of hydrogen-bond acceptors (Lipinski definition) is 3. The van der Waals surface area contributed by atoms with Crippen LogP contribution in [0.4, 0.5) is 0 Å². The fourth-order valence-corrected chi connectivity index (χ4v) is 1.60. The first kappa shape index (κ1) is 13.5. The standard InChI is InChI=1S/C13H20N2O2/c1-10-4-5-12(17-3)11(8-10)9-15-7-6-13(16)14-2/h4-5,8,15H,6-7,9H2,1-3H3,(H,14,16). The zero-order chi connectivity index (χ0) is 12.7. The molecule has 17 heavy (non-hydrogen) atoms. The lowest BCUT2D eigenvalue weighted by Crippen LogP contribution is -2.24. The second kappa shape index (κ2) is 6.91. The molecule has 0 bridgehead atoms. The molecular formula is C13H20N2O2. The van der Waals surface area contributed by atoms with Crippen molar-refractivity contribution in [3.05, 3.63) is 29.3 Å². The van der Waals surface area contributed by atoms with E-state index in [-0.39, 0.29) is 5.91 Å². The molecule has 1 amide bonds. The largest absolute Gasteiger partial charge is 0.496 e. The van der Waals surface area contributed by atoms with E-state index in [0.717, 1.165) is 11.3 Å². The average Bonchev–Trinajstić information content (AvgIpc) is 2.34. The Kier molecular flexibility index (Phi) is 5.49. The van der Waals surface area contributed by atoms with E-state index in [2.05, 4.69) is 16.7 Å². The molecule has 0 spiro atoms. The summed E-state index contributed by atoms with van der Waals surface area (Å²) in [7, 11) is 3.31.